The van der Waals surface area contributed by atoms with E-state index in [0.717, 1.165) is 0 Å². The monoisotopic (exact) mass is 223 g/mol. The summed E-state index contributed by atoms with van der Waals surface area (Å²) in [5, 5.41) is 0. The lowest BCUT2D eigenvalue weighted by molar-refractivity contribution is -0.155. The van der Waals surface area contributed by atoms with E-state index >= 15 is 0 Å². The van der Waals surface area contributed by atoms with Crippen molar-refractivity contribution in [1.82, 2.24) is 4.98 Å². The van der Waals surface area contributed by atoms with Gasteiger partial charge in [-0.15, -0.1) is 0 Å². The van der Waals surface area contributed by atoms with E-state index in [9.17, 15) is 9.59 Å². The highest BCUT2D eigenvalue weighted by Crippen LogP contribution is 2.07. The van der Waals surface area contributed by atoms with Gasteiger partial charge in [0.25, 0.3) is 0 Å². The molecule has 0 saturated carbocycles. The molecule has 0 atom stereocenters. The van der Waals surface area contributed by atoms with Crippen molar-refractivity contribution in [3.8, 4) is 0 Å². The summed E-state index contributed by atoms with van der Waals surface area (Å²) in [7, 11) is 0. The van der Waals surface area contributed by atoms with Gasteiger partial charge in [-0.1, -0.05) is 6.07 Å². The van der Waals surface area contributed by atoms with Crippen molar-refractivity contribution in [2.24, 2.45) is 0 Å². The quantitative estimate of drug-likeness (QED) is 0.437. The summed E-state index contributed by atoms with van der Waals surface area (Å²) < 4.78 is 4.81. The zero-order valence-corrected chi connectivity index (χ0v) is 9.84. The van der Waals surface area contributed by atoms with Crippen molar-refractivity contribution in [3.63, 3.8) is 0 Å². The smallest absolute Gasteiger partial charge is 0.313 e. The number of pyridine rings is 1. The summed E-state index contributed by atoms with van der Waals surface area (Å²) in [6.07, 6.45) is 3.88. The number of hydrogen-bond donors (Lipinski definition) is 0. The molecule has 1 aromatic heterocycles. The zero-order chi connectivity index (χ0) is 12.4. The van der Waals surface area contributed by atoms with Crippen molar-refractivity contribution < 1.29 is 14.3 Å². The molecule has 0 spiro atoms. The Labute approximate surface area is 95.6 Å². The van der Waals surface area contributed by atoms with Crippen LogP contribution in [0.2, 0.25) is 0 Å². The van der Waals surface area contributed by atoms with E-state index in [4.69, 9.17) is 4.74 Å². The van der Waals surface area contributed by atoms with Crippen LogP contribution in [0.3, 0.4) is 0 Å². The number of aromatic nitrogens is 1. The van der Waals surface area contributed by atoms with Gasteiger partial charge in [0.2, 0.25) is 0 Å². The molecule has 0 saturated heterocycles. The molecule has 1 rings (SSSR count). The molecule has 0 fully saturated rings. The third kappa shape index (κ3) is 10.4. The molecule has 0 aromatic carbocycles. The molecule has 88 valence electrons. The minimum atomic E-state index is -0.486. The highest BCUT2D eigenvalue weighted by molar-refractivity contribution is 5.83. The van der Waals surface area contributed by atoms with Gasteiger partial charge in [-0.25, -0.2) is 0 Å². The molecule has 1 aromatic rings. The Morgan fingerprint density at radius 2 is 1.81 bits per heavy atom. The van der Waals surface area contributed by atoms with E-state index in [1.54, 1.807) is 33.2 Å². The minimum Gasteiger partial charge on any atom is -0.460 e. The molecule has 16 heavy (non-hydrogen) atoms. The van der Waals surface area contributed by atoms with E-state index in [1.165, 1.54) is 0 Å². The van der Waals surface area contributed by atoms with E-state index in [2.05, 4.69) is 4.98 Å². The molecule has 0 unspecified atom stereocenters. The Bertz CT molecular complexity index is 277. The van der Waals surface area contributed by atoms with Crippen LogP contribution in [0.5, 0.6) is 0 Å². The topological polar surface area (TPSA) is 56.3 Å². The molecule has 0 aliphatic carbocycles. The number of hydrogen-bond acceptors (Lipinski definition) is 4. The normalized spacial score (nSPS) is 9.69. The van der Waals surface area contributed by atoms with Crippen LogP contribution in [0.25, 0.3) is 0 Å². The lowest BCUT2D eigenvalue weighted by atomic mass is 10.2. The first-order valence-electron chi connectivity index (χ1n) is 4.96. The molecule has 0 aliphatic rings. The first-order valence-corrected chi connectivity index (χ1v) is 4.96. The van der Waals surface area contributed by atoms with Crippen LogP contribution < -0.4 is 0 Å². The minimum absolute atomic E-state index is 0.155. The van der Waals surface area contributed by atoms with Crippen LogP contribution in [-0.4, -0.2) is 22.8 Å². The van der Waals surface area contributed by atoms with Crippen LogP contribution >= 0.6 is 0 Å². The standard InChI is InChI=1S/C7H12O3.C5H5N/c1-7(2,3)10-6(9)4-5-8;1-2-4-6-5-3-1/h5H,4H2,1-3H3;1-5H. The summed E-state index contributed by atoms with van der Waals surface area (Å²) in [6.45, 7) is 5.28. The maximum absolute atomic E-state index is 10.6. The maximum Gasteiger partial charge on any atom is 0.313 e. The number of carbonyl (C=O) groups excluding carboxylic acids is 2. The lowest BCUT2D eigenvalue weighted by Crippen LogP contribution is -2.23. The number of esters is 1. The van der Waals surface area contributed by atoms with Crippen molar-refractivity contribution in [1.29, 1.82) is 0 Å². The van der Waals surface area contributed by atoms with Gasteiger partial charge in [0.05, 0.1) is 0 Å². The van der Waals surface area contributed by atoms with Crippen LogP contribution in [0.15, 0.2) is 30.6 Å². The van der Waals surface area contributed by atoms with Crippen molar-refractivity contribution in [3.05, 3.63) is 30.6 Å². The number of nitrogens with zero attached hydrogens (tertiary/aromatic N) is 1. The highest BCUT2D eigenvalue weighted by atomic mass is 16.6. The summed E-state index contributed by atoms with van der Waals surface area (Å²) in [4.78, 5) is 24.2. The van der Waals surface area contributed by atoms with Crippen LogP contribution in [-0.2, 0) is 14.3 Å². The van der Waals surface area contributed by atoms with Crippen molar-refractivity contribution in [2.45, 2.75) is 32.8 Å². The molecular weight excluding hydrogens is 206 g/mol. The number of rotatable bonds is 2. The summed E-state index contributed by atoms with van der Waals surface area (Å²) in [5.41, 5.74) is -0.486. The number of ether oxygens (including phenoxy) is 1. The van der Waals surface area contributed by atoms with Gasteiger partial charge in [0.1, 0.15) is 18.3 Å². The van der Waals surface area contributed by atoms with E-state index < -0.39 is 11.6 Å². The maximum atomic E-state index is 10.6. The van der Waals surface area contributed by atoms with Gasteiger partial charge in [-0.2, -0.15) is 0 Å². The average molecular weight is 223 g/mol. The Kier molecular flexibility index (Phi) is 6.76. The lowest BCUT2D eigenvalue weighted by Gasteiger charge is -2.18. The van der Waals surface area contributed by atoms with Crippen LogP contribution in [0.1, 0.15) is 27.2 Å². The number of aldehydes is 1. The first kappa shape index (κ1) is 14.3. The van der Waals surface area contributed by atoms with Crippen molar-refractivity contribution in [2.75, 3.05) is 0 Å². The Balaban J connectivity index is 0.000000315. The number of carbonyl (C=O) groups is 2. The fourth-order valence-electron chi connectivity index (χ4n) is 0.764. The third-order valence-corrected chi connectivity index (χ3v) is 1.24. The molecule has 0 amide bonds. The van der Waals surface area contributed by atoms with Gasteiger partial charge in [0.15, 0.2) is 0 Å². The first-order chi connectivity index (χ1) is 7.45. The molecular formula is C12H17NO3. The van der Waals surface area contributed by atoms with Gasteiger partial charge < -0.3 is 9.53 Å². The predicted octanol–water partition coefficient (Wildman–Crippen LogP) is 2.00. The highest BCUT2D eigenvalue weighted by Gasteiger charge is 2.14. The summed E-state index contributed by atoms with van der Waals surface area (Å²) in [6, 6.07) is 5.72. The summed E-state index contributed by atoms with van der Waals surface area (Å²) in [5.74, 6) is -0.470. The second kappa shape index (κ2) is 7.56. The fraction of sp³-hybridized carbons (Fsp3) is 0.417. The van der Waals surface area contributed by atoms with Gasteiger partial charge in [-0.05, 0) is 32.9 Å². The van der Waals surface area contributed by atoms with Gasteiger partial charge in [-0.3, -0.25) is 9.78 Å². The van der Waals surface area contributed by atoms with Crippen molar-refractivity contribution >= 4 is 12.3 Å². The van der Waals surface area contributed by atoms with E-state index in [1.807, 2.05) is 18.2 Å². The zero-order valence-electron chi connectivity index (χ0n) is 9.84. The van der Waals surface area contributed by atoms with E-state index in [-0.39, 0.29) is 6.42 Å². The molecule has 0 bridgehead atoms. The molecule has 0 radical (unpaired) electrons. The molecule has 0 aliphatic heterocycles. The average Bonchev–Trinajstić information content (AvgIpc) is 2.19. The van der Waals surface area contributed by atoms with Gasteiger partial charge in [0, 0.05) is 12.4 Å². The van der Waals surface area contributed by atoms with E-state index in [0.29, 0.717) is 6.29 Å². The largest absolute Gasteiger partial charge is 0.460 e. The third-order valence-electron chi connectivity index (χ3n) is 1.24. The second-order valence-corrected chi connectivity index (χ2v) is 3.98. The van der Waals surface area contributed by atoms with Crippen LogP contribution in [0.4, 0.5) is 0 Å². The Morgan fingerprint density at radius 3 is 2.06 bits per heavy atom. The molecule has 4 nitrogen and oxygen atoms in total. The Morgan fingerprint density at radius 1 is 1.25 bits per heavy atom. The fourth-order valence-corrected chi connectivity index (χ4v) is 0.764. The second-order valence-electron chi connectivity index (χ2n) is 3.98. The molecule has 1 heterocycles. The molecule has 0 N–H and O–H groups in total. The molecule has 4 heteroatoms. The SMILES string of the molecule is CC(C)(C)OC(=O)CC=O.c1ccncc1. The Hall–Kier alpha value is -1.71. The predicted molar refractivity (Wildman–Crippen MR) is 60.8 cm³/mol. The summed E-state index contributed by atoms with van der Waals surface area (Å²) >= 11 is 0. The van der Waals surface area contributed by atoms with Gasteiger partial charge >= 0.3 is 5.97 Å². The van der Waals surface area contributed by atoms with Crippen LogP contribution in [0, 0.1) is 0 Å².